The molecule has 168 valence electrons. The molecule has 7 heteroatoms. The second kappa shape index (κ2) is 9.34. The fourth-order valence-corrected chi connectivity index (χ4v) is 3.78. The van der Waals surface area contributed by atoms with Crippen LogP contribution in [0, 0.1) is 27.7 Å². The van der Waals surface area contributed by atoms with E-state index in [0.717, 1.165) is 16.8 Å². The van der Waals surface area contributed by atoms with Gasteiger partial charge >= 0.3 is 12.6 Å². The van der Waals surface area contributed by atoms with E-state index in [-0.39, 0.29) is 11.5 Å². The maximum atomic E-state index is 13.0. The highest BCUT2D eigenvalue weighted by Crippen LogP contribution is 2.25. The molecule has 3 rings (SSSR count). The molecule has 3 aromatic rings. The van der Waals surface area contributed by atoms with Gasteiger partial charge in [0.2, 0.25) is 5.78 Å². The van der Waals surface area contributed by atoms with Gasteiger partial charge in [-0.05, 0) is 77.1 Å². The van der Waals surface area contributed by atoms with Crippen molar-refractivity contribution in [2.45, 2.75) is 47.3 Å². The first-order valence-corrected chi connectivity index (χ1v) is 10.1. The summed E-state index contributed by atoms with van der Waals surface area (Å²) in [5.74, 6) is -0.824. The van der Waals surface area contributed by atoms with E-state index >= 15 is 0 Å². The minimum absolute atomic E-state index is 0.0504. The molecule has 1 aromatic heterocycles. The maximum Gasteiger partial charge on any atom is 0.387 e. The number of halogens is 2. The number of ether oxygens (including phenoxy) is 2. The molecule has 0 bridgehead atoms. The summed E-state index contributed by atoms with van der Waals surface area (Å²) in [6.45, 7) is 6.04. The molecule has 0 amide bonds. The Kier molecular flexibility index (Phi) is 6.77. The average molecular weight is 441 g/mol. The number of benzene rings is 2. The van der Waals surface area contributed by atoms with Crippen molar-refractivity contribution in [3.8, 4) is 11.4 Å². The van der Waals surface area contributed by atoms with Gasteiger partial charge in [-0.2, -0.15) is 8.78 Å². The number of carbonyl (C=O) groups is 2. The van der Waals surface area contributed by atoms with Gasteiger partial charge in [0.15, 0.2) is 6.10 Å². The molecule has 1 heterocycles. The van der Waals surface area contributed by atoms with E-state index in [4.69, 9.17) is 4.74 Å². The second-order valence-electron chi connectivity index (χ2n) is 7.78. The van der Waals surface area contributed by atoms with Crippen LogP contribution in [-0.4, -0.2) is 29.0 Å². The summed E-state index contributed by atoms with van der Waals surface area (Å²) in [7, 11) is 0. The molecule has 0 saturated carbocycles. The summed E-state index contributed by atoms with van der Waals surface area (Å²) < 4.78 is 36.4. The van der Waals surface area contributed by atoms with E-state index in [2.05, 4.69) is 4.74 Å². The van der Waals surface area contributed by atoms with Gasteiger partial charge in [-0.25, -0.2) is 4.79 Å². The third-order valence-corrected chi connectivity index (χ3v) is 5.13. The number of hydrogen-bond donors (Lipinski definition) is 0. The number of hydrogen-bond acceptors (Lipinski definition) is 4. The van der Waals surface area contributed by atoms with Crippen LogP contribution >= 0.6 is 0 Å². The maximum absolute atomic E-state index is 13.0. The summed E-state index contributed by atoms with van der Waals surface area (Å²) in [4.78, 5) is 25.6. The molecule has 0 radical (unpaired) electrons. The van der Waals surface area contributed by atoms with Crippen molar-refractivity contribution in [3.05, 3.63) is 82.2 Å². The van der Waals surface area contributed by atoms with Crippen LogP contribution in [0.4, 0.5) is 8.78 Å². The fraction of sp³-hybridized carbons (Fsp3) is 0.280. The summed E-state index contributed by atoms with van der Waals surface area (Å²) in [6.07, 6.45) is -0.973. The van der Waals surface area contributed by atoms with Crippen LogP contribution in [0.5, 0.6) is 5.75 Å². The Bertz CT molecular complexity index is 1130. The summed E-state index contributed by atoms with van der Waals surface area (Å²) in [5, 5.41) is 0. The molecule has 0 fully saturated rings. The number of Topliss-reactive ketones (excluding diaryl/α,β-unsaturated/α-hetero) is 1. The summed E-state index contributed by atoms with van der Waals surface area (Å²) >= 11 is 0. The molecule has 0 aliphatic carbocycles. The highest BCUT2D eigenvalue weighted by molar-refractivity contribution is 6.02. The first-order valence-electron chi connectivity index (χ1n) is 10.1. The lowest BCUT2D eigenvalue weighted by atomic mass is 10.1. The van der Waals surface area contributed by atoms with Crippen LogP contribution < -0.4 is 4.74 Å². The second-order valence-corrected chi connectivity index (χ2v) is 7.78. The highest BCUT2D eigenvalue weighted by Gasteiger charge is 2.25. The quantitative estimate of drug-likeness (QED) is 0.347. The Hall–Kier alpha value is -3.48. The van der Waals surface area contributed by atoms with Gasteiger partial charge in [0.25, 0.3) is 0 Å². The lowest BCUT2D eigenvalue weighted by Gasteiger charge is -2.14. The first-order chi connectivity index (χ1) is 15.1. The molecule has 0 spiro atoms. The van der Waals surface area contributed by atoms with Gasteiger partial charge in [0.1, 0.15) is 5.75 Å². The predicted octanol–water partition coefficient (Wildman–Crippen LogP) is 5.74. The van der Waals surface area contributed by atoms with E-state index in [9.17, 15) is 18.4 Å². The van der Waals surface area contributed by atoms with Gasteiger partial charge in [-0.15, -0.1) is 0 Å². The van der Waals surface area contributed by atoms with Crippen LogP contribution in [-0.2, 0) is 4.74 Å². The Morgan fingerprint density at radius 2 is 1.50 bits per heavy atom. The van der Waals surface area contributed by atoms with Crippen molar-refractivity contribution >= 4 is 11.8 Å². The molecule has 1 atom stereocenters. The monoisotopic (exact) mass is 441 g/mol. The number of nitrogens with zero attached hydrogens (tertiary/aromatic N) is 1. The van der Waals surface area contributed by atoms with E-state index in [1.54, 1.807) is 44.2 Å². The van der Waals surface area contributed by atoms with Gasteiger partial charge in [0.05, 0.1) is 5.56 Å². The van der Waals surface area contributed by atoms with E-state index < -0.39 is 18.7 Å². The molecule has 0 N–H and O–H groups in total. The number of esters is 1. The Morgan fingerprint density at radius 1 is 0.906 bits per heavy atom. The lowest BCUT2D eigenvalue weighted by molar-refractivity contribution is -0.0498. The number of aryl methyl sites for hydroxylation is 3. The van der Waals surface area contributed by atoms with Crippen molar-refractivity contribution in [3.63, 3.8) is 0 Å². The van der Waals surface area contributed by atoms with Gasteiger partial charge in [0, 0.05) is 22.6 Å². The predicted molar refractivity (Wildman–Crippen MR) is 117 cm³/mol. The molecule has 5 nitrogen and oxygen atoms in total. The minimum atomic E-state index is -2.90. The molecular weight excluding hydrogens is 416 g/mol. The highest BCUT2D eigenvalue weighted by atomic mass is 19.3. The van der Waals surface area contributed by atoms with Crippen LogP contribution in [0.3, 0.4) is 0 Å². The van der Waals surface area contributed by atoms with Crippen molar-refractivity contribution in [2.75, 3.05) is 0 Å². The van der Waals surface area contributed by atoms with Crippen LogP contribution in [0.2, 0.25) is 0 Å². The standard InChI is InChI=1S/C25H25F2NO4/c1-14-10-15(2)12-19(11-14)24(30)31-18(5)23(29)22-13-16(3)28(17(22)4)20-6-8-21(9-7-20)32-25(26)27/h6-13,18,25H,1-5H3. The number of aromatic nitrogens is 1. The molecule has 0 aliphatic heterocycles. The molecular formula is C25H25F2NO4. The zero-order chi connectivity index (χ0) is 23.6. The number of carbonyl (C=O) groups excluding carboxylic acids is 2. The Labute approximate surface area is 185 Å². The van der Waals surface area contributed by atoms with E-state index in [0.29, 0.717) is 22.5 Å². The largest absolute Gasteiger partial charge is 0.451 e. The van der Waals surface area contributed by atoms with Crippen LogP contribution in [0.15, 0.2) is 48.5 Å². The molecule has 0 aliphatic rings. The molecule has 0 saturated heterocycles. The third-order valence-electron chi connectivity index (χ3n) is 5.13. The first kappa shape index (κ1) is 23.2. The Morgan fingerprint density at radius 3 is 2.06 bits per heavy atom. The lowest BCUT2D eigenvalue weighted by Crippen LogP contribution is -2.25. The van der Waals surface area contributed by atoms with Crippen molar-refractivity contribution in [1.82, 2.24) is 4.57 Å². The molecule has 2 aromatic carbocycles. The minimum Gasteiger partial charge on any atom is -0.451 e. The van der Waals surface area contributed by atoms with Crippen molar-refractivity contribution in [1.29, 1.82) is 0 Å². The zero-order valence-corrected chi connectivity index (χ0v) is 18.6. The number of rotatable bonds is 7. The van der Waals surface area contributed by atoms with E-state index in [1.807, 2.05) is 31.4 Å². The van der Waals surface area contributed by atoms with Crippen molar-refractivity contribution in [2.24, 2.45) is 0 Å². The summed E-state index contributed by atoms with van der Waals surface area (Å²) in [5.41, 5.74) is 4.83. The van der Waals surface area contributed by atoms with Gasteiger partial charge in [-0.3, -0.25) is 4.79 Å². The fourth-order valence-electron chi connectivity index (χ4n) is 3.78. The zero-order valence-electron chi connectivity index (χ0n) is 18.6. The van der Waals surface area contributed by atoms with Gasteiger partial charge in [-0.1, -0.05) is 17.2 Å². The number of alkyl halides is 2. The normalized spacial score (nSPS) is 12.0. The van der Waals surface area contributed by atoms with E-state index in [1.165, 1.54) is 12.1 Å². The topological polar surface area (TPSA) is 57.5 Å². The molecule has 1 unspecified atom stereocenters. The SMILES string of the molecule is Cc1cc(C)cc(C(=O)OC(C)C(=O)c2cc(C)n(-c3ccc(OC(F)F)cc3)c2C)c1. The number of ketones is 1. The Balaban J connectivity index is 1.81. The third kappa shape index (κ3) is 5.04. The smallest absolute Gasteiger partial charge is 0.387 e. The van der Waals surface area contributed by atoms with Crippen LogP contribution in [0.1, 0.15) is 50.2 Å². The molecule has 32 heavy (non-hydrogen) atoms. The average Bonchev–Trinajstić information content (AvgIpc) is 3.01. The van der Waals surface area contributed by atoms with Gasteiger partial charge < -0.3 is 14.0 Å². The van der Waals surface area contributed by atoms with Crippen molar-refractivity contribution < 1.29 is 27.8 Å². The van der Waals surface area contributed by atoms with Crippen LogP contribution in [0.25, 0.3) is 5.69 Å². The summed E-state index contributed by atoms with van der Waals surface area (Å²) in [6, 6.07) is 13.3.